The Hall–Kier alpha value is -3.24. The molecule has 3 N–H and O–H groups in total. The van der Waals surface area contributed by atoms with E-state index in [9.17, 15) is 23.1 Å². The summed E-state index contributed by atoms with van der Waals surface area (Å²) >= 11 is 0. The fourth-order valence-electron chi connectivity index (χ4n) is 3.87. The predicted octanol–water partition coefficient (Wildman–Crippen LogP) is 3.33. The molecule has 1 aliphatic rings. The molecule has 0 spiro atoms. The number of nitrogens with two attached hydrogens (primary N) is 1. The Kier molecular flexibility index (Phi) is 6.22. The van der Waals surface area contributed by atoms with Crippen LogP contribution in [0.2, 0.25) is 0 Å². The molecule has 0 aliphatic carbocycles. The minimum Gasteiger partial charge on any atom is -0.389 e. The number of aliphatic hydroxyl groups is 1. The first kappa shape index (κ1) is 22.9. The zero-order valence-corrected chi connectivity index (χ0v) is 17.8. The number of anilines is 1. The number of amides is 1. The number of benzene rings is 1. The van der Waals surface area contributed by atoms with Gasteiger partial charge in [0.2, 0.25) is 0 Å². The molecule has 174 valence electrons. The van der Waals surface area contributed by atoms with E-state index in [2.05, 4.69) is 9.97 Å². The summed E-state index contributed by atoms with van der Waals surface area (Å²) in [4.78, 5) is 23.2. The van der Waals surface area contributed by atoms with Crippen LogP contribution in [0.25, 0.3) is 10.9 Å². The maximum Gasteiger partial charge on any atom is 0.417 e. The highest BCUT2D eigenvalue weighted by atomic mass is 19.4. The van der Waals surface area contributed by atoms with Crippen LogP contribution in [0.5, 0.6) is 0 Å². The molecule has 3 heterocycles. The SMILES string of the molecule is Cc1cc2cc(C(=O)N(Cc3ccc(C(F)(F)F)cn3)[C@H]3CCOC[C@@H]3O)ccc2nc1N. The van der Waals surface area contributed by atoms with Gasteiger partial charge >= 0.3 is 6.18 Å². The van der Waals surface area contributed by atoms with Gasteiger partial charge in [0, 0.05) is 23.8 Å². The minimum absolute atomic E-state index is 0.0598. The summed E-state index contributed by atoms with van der Waals surface area (Å²) in [6.45, 7) is 2.17. The van der Waals surface area contributed by atoms with Crippen molar-refractivity contribution in [2.24, 2.45) is 0 Å². The molecule has 2 aromatic heterocycles. The van der Waals surface area contributed by atoms with Gasteiger partial charge in [0.15, 0.2) is 0 Å². The average molecular weight is 460 g/mol. The highest BCUT2D eigenvalue weighted by Gasteiger charge is 2.34. The number of aromatic nitrogens is 2. The summed E-state index contributed by atoms with van der Waals surface area (Å²) in [5.74, 6) is 0.0286. The van der Waals surface area contributed by atoms with E-state index in [1.54, 1.807) is 18.2 Å². The first-order valence-corrected chi connectivity index (χ1v) is 10.4. The molecule has 0 bridgehead atoms. The highest BCUT2D eigenvalue weighted by molar-refractivity contribution is 5.98. The molecule has 1 aromatic carbocycles. The summed E-state index contributed by atoms with van der Waals surface area (Å²) in [6, 6.07) is 8.43. The van der Waals surface area contributed by atoms with Crippen molar-refractivity contribution in [2.75, 3.05) is 18.9 Å². The second-order valence-corrected chi connectivity index (χ2v) is 8.07. The van der Waals surface area contributed by atoms with Crippen LogP contribution in [0.15, 0.2) is 42.6 Å². The van der Waals surface area contributed by atoms with Gasteiger partial charge in [-0.15, -0.1) is 0 Å². The Morgan fingerprint density at radius 2 is 2.06 bits per heavy atom. The summed E-state index contributed by atoms with van der Waals surface area (Å²) in [6.07, 6.45) is -4.30. The third-order valence-electron chi connectivity index (χ3n) is 5.73. The molecular weight excluding hydrogens is 437 g/mol. The monoisotopic (exact) mass is 460 g/mol. The van der Waals surface area contributed by atoms with Gasteiger partial charge in [-0.3, -0.25) is 9.78 Å². The number of hydrogen-bond acceptors (Lipinski definition) is 6. The zero-order chi connectivity index (χ0) is 23.8. The van der Waals surface area contributed by atoms with E-state index in [0.29, 0.717) is 29.9 Å². The van der Waals surface area contributed by atoms with Crippen molar-refractivity contribution >= 4 is 22.6 Å². The lowest BCUT2D eigenvalue weighted by Crippen LogP contribution is -2.51. The Bertz CT molecular complexity index is 1170. The van der Waals surface area contributed by atoms with Crippen molar-refractivity contribution in [1.29, 1.82) is 0 Å². The lowest BCUT2D eigenvalue weighted by Gasteiger charge is -2.37. The quantitative estimate of drug-likeness (QED) is 0.619. The number of hydrogen-bond donors (Lipinski definition) is 2. The normalized spacial score (nSPS) is 18.9. The van der Waals surface area contributed by atoms with Gasteiger partial charge in [-0.1, -0.05) is 0 Å². The van der Waals surface area contributed by atoms with Crippen molar-refractivity contribution < 1.29 is 27.8 Å². The topological polar surface area (TPSA) is 102 Å². The number of rotatable bonds is 4. The summed E-state index contributed by atoms with van der Waals surface area (Å²) in [5, 5.41) is 11.2. The summed E-state index contributed by atoms with van der Waals surface area (Å²) in [7, 11) is 0. The molecule has 10 heteroatoms. The van der Waals surface area contributed by atoms with Crippen molar-refractivity contribution in [3.8, 4) is 0 Å². The number of carbonyl (C=O) groups is 1. The molecular formula is C23H23F3N4O3. The summed E-state index contributed by atoms with van der Waals surface area (Å²) in [5.41, 5.74) is 7.05. The molecule has 7 nitrogen and oxygen atoms in total. The molecule has 33 heavy (non-hydrogen) atoms. The Balaban J connectivity index is 1.67. The first-order chi connectivity index (χ1) is 15.6. The van der Waals surface area contributed by atoms with E-state index >= 15 is 0 Å². The standard InChI is InChI=1S/C23H23F3N4O3/c1-13-8-15-9-14(2-5-18(15)29-21(13)27)22(32)30(19-6-7-33-12-20(19)31)11-17-4-3-16(10-28-17)23(24,25)26/h2-5,8-10,19-20,31H,6-7,11-12H2,1H3,(H2,27,29)/t19-,20-/m0/s1. The van der Waals surface area contributed by atoms with Gasteiger partial charge in [0.25, 0.3) is 5.91 Å². The largest absolute Gasteiger partial charge is 0.417 e. The maximum atomic E-state index is 13.5. The van der Waals surface area contributed by atoms with Crippen LogP contribution in [0.1, 0.15) is 33.6 Å². The molecule has 0 unspecified atom stereocenters. The van der Waals surface area contributed by atoms with Crippen LogP contribution in [0, 0.1) is 6.92 Å². The molecule has 2 atom stereocenters. The highest BCUT2D eigenvalue weighted by Crippen LogP contribution is 2.29. The third kappa shape index (κ3) is 4.91. The fraction of sp³-hybridized carbons (Fsp3) is 0.348. The van der Waals surface area contributed by atoms with Crippen LogP contribution in [-0.2, 0) is 17.5 Å². The smallest absolute Gasteiger partial charge is 0.389 e. The van der Waals surface area contributed by atoms with E-state index in [0.717, 1.165) is 23.2 Å². The lowest BCUT2D eigenvalue weighted by molar-refractivity contribution is -0.137. The van der Waals surface area contributed by atoms with E-state index in [1.807, 2.05) is 13.0 Å². The van der Waals surface area contributed by atoms with Crippen molar-refractivity contribution in [3.05, 3.63) is 65.0 Å². The molecule has 1 fully saturated rings. The second kappa shape index (κ2) is 8.95. The predicted molar refractivity (Wildman–Crippen MR) is 115 cm³/mol. The molecule has 1 amide bonds. The van der Waals surface area contributed by atoms with Crippen molar-refractivity contribution in [1.82, 2.24) is 14.9 Å². The number of ether oxygens (including phenoxy) is 1. The van der Waals surface area contributed by atoms with E-state index in [1.165, 1.54) is 11.0 Å². The lowest BCUT2D eigenvalue weighted by atomic mass is 10.0. The number of alkyl halides is 3. The van der Waals surface area contributed by atoms with Gasteiger partial charge < -0.3 is 20.5 Å². The number of aryl methyl sites for hydroxylation is 1. The molecule has 1 aliphatic heterocycles. The number of carbonyl (C=O) groups excluding carboxylic acids is 1. The van der Waals surface area contributed by atoms with Gasteiger partial charge in [0.05, 0.1) is 42.1 Å². The molecule has 0 saturated carbocycles. The van der Waals surface area contributed by atoms with E-state index < -0.39 is 23.9 Å². The van der Waals surface area contributed by atoms with Gasteiger partial charge in [0.1, 0.15) is 5.82 Å². The fourth-order valence-corrected chi connectivity index (χ4v) is 3.87. The second-order valence-electron chi connectivity index (χ2n) is 8.07. The van der Waals surface area contributed by atoms with Gasteiger partial charge in [-0.25, -0.2) is 4.98 Å². The Morgan fingerprint density at radius 3 is 2.73 bits per heavy atom. The van der Waals surface area contributed by atoms with Crippen molar-refractivity contribution in [3.63, 3.8) is 0 Å². The molecule has 4 rings (SSSR count). The van der Waals surface area contributed by atoms with Crippen molar-refractivity contribution in [2.45, 2.75) is 38.2 Å². The van der Waals surface area contributed by atoms with Crippen LogP contribution >= 0.6 is 0 Å². The molecule has 3 aromatic rings. The average Bonchev–Trinajstić information content (AvgIpc) is 2.78. The molecule has 1 saturated heterocycles. The Morgan fingerprint density at radius 1 is 1.27 bits per heavy atom. The number of pyridine rings is 2. The summed E-state index contributed by atoms with van der Waals surface area (Å²) < 4.78 is 44.0. The van der Waals surface area contributed by atoms with Gasteiger partial charge in [-0.2, -0.15) is 13.2 Å². The first-order valence-electron chi connectivity index (χ1n) is 10.4. The number of aliphatic hydroxyl groups excluding tert-OH is 1. The zero-order valence-electron chi connectivity index (χ0n) is 17.8. The maximum absolute atomic E-state index is 13.5. The number of fused-ring (bicyclic) bond motifs is 1. The Labute approximate surface area is 188 Å². The number of nitrogen functional groups attached to an aromatic ring is 1. The van der Waals surface area contributed by atoms with E-state index in [4.69, 9.17) is 10.5 Å². The van der Waals surface area contributed by atoms with E-state index in [-0.39, 0.29) is 24.8 Å². The van der Waals surface area contributed by atoms with Crippen LogP contribution in [-0.4, -0.2) is 51.2 Å². The third-order valence-corrected chi connectivity index (χ3v) is 5.73. The molecule has 0 radical (unpaired) electrons. The van der Waals surface area contributed by atoms with Crippen LogP contribution in [0.4, 0.5) is 19.0 Å². The number of nitrogens with zero attached hydrogens (tertiary/aromatic N) is 3. The number of halogens is 3. The minimum atomic E-state index is -4.50. The van der Waals surface area contributed by atoms with Crippen LogP contribution in [0.3, 0.4) is 0 Å². The van der Waals surface area contributed by atoms with Gasteiger partial charge in [-0.05, 0) is 55.3 Å². The van der Waals surface area contributed by atoms with Crippen LogP contribution < -0.4 is 5.73 Å².